The number of rotatable bonds is 2. The summed E-state index contributed by atoms with van der Waals surface area (Å²) >= 11 is 3.33. The second-order valence-electron chi connectivity index (χ2n) is 3.36. The minimum atomic E-state index is -3.88. The molecule has 0 aliphatic heterocycles. The van der Waals surface area contributed by atoms with Crippen molar-refractivity contribution >= 4 is 35.7 Å². The molecule has 8 heteroatoms. The lowest BCUT2D eigenvalue weighted by Crippen LogP contribution is -1.93. The van der Waals surface area contributed by atoms with E-state index in [2.05, 4.69) is 31.1 Å². The van der Waals surface area contributed by atoms with E-state index >= 15 is 0 Å². The first-order chi connectivity index (χ1) is 7.88. The van der Waals surface area contributed by atoms with Gasteiger partial charge in [0.25, 0.3) is 14.2 Å². The Morgan fingerprint density at radius 1 is 1.41 bits per heavy atom. The lowest BCUT2D eigenvalue weighted by atomic mass is 10.1. The lowest BCUT2D eigenvalue weighted by Gasteiger charge is -2.01. The minimum Gasteiger partial charge on any atom is -0.248 e. The van der Waals surface area contributed by atoms with E-state index < -0.39 is 9.05 Å². The van der Waals surface area contributed by atoms with E-state index in [1.54, 1.807) is 0 Å². The first-order valence-corrected chi connectivity index (χ1v) is 7.62. The number of benzene rings is 1. The van der Waals surface area contributed by atoms with Crippen molar-refractivity contribution in [2.24, 2.45) is 0 Å². The monoisotopic (exact) mass is 335 g/mol. The number of aromatic amines is 1. The molecular formula is C9H7BrClN3O2S. The molecule has 1 heterocycles. The molecule has 0 fully saturated rings. The summed E-state index contributed by atoms with van der Waals surface area (Å²) in [6.07, 6.45) is 0. The third-order valence-electron chi connectivity index (χ3n) is 2.14. The third-order valence-corrected chi connectivity index (χ3v) is 3.71. The molecule has 5 nitrogen and oxygen atoms in total. The van der Waals surface area contributed by atoms with Gasteiger partial charge in [-0.3, -0.25) is 0 Å². The summed E-state index contributed by atoms with van der Waals surface area (Å²) in [6.45, 7) is 1.88. The van der Waals surface area contributed by atoms with Gasteiger partial charge in [0.1, 0.15) is 0 Å². The molecule has 0 radical (unpaired) electrons. The highest BCUT2D eigenvalue weighted by Gasteiger charge is 2.17. The average molecular weight is 337 g/mol. The molecule has 0 saturated carbocycles. The van der Waals surface area contributed by atoms with Crippen LogP contribution in [0.4, 0.5) is 0 Å². The van der Waals surface area contributed by atoms with Gasteiger partial charge < -0.3 is 0 Å². The number of aromatic nitrogens is 3. The van der Waals surface area contributed by atoms with Crippen LogP contribution in [-0.4, -0.2) is 23.6 Å². The maximum Gasteiger partial charge on any atom is 0.296 e. The Morgan fingerprint density at radius 2 is 2.12 bits per heavy atom. The maximum atomic E-state index is 11.1. The third kappa shape index (κ3) is 2.67. The smallest absolute Gasteiger partial charge is 0.248 e. The first-order valence-electron chi connectivity index (χ1n) is 4.51. The fraction of sp³-hybridized carbons (Fsp3) is 0.111. The number of halogens is 2. The van der Waals surface area contributed by atoms with Crippen molar-refractivity contribution in [2.45, 2.75) is 12.1 Å². The Morgan fingerprint density at radius 3 is 2.71 bits per heavy atom. The van der Waals surface area contributed by atoms with Gasteiger partial charge in [0.15, 0.2) is 5.82 Å². The van der Waals surface area contributed by atoms with Crippen molar-refractivity contribution < 1.29 is 8.42 Å². The summed E-state index contributed by atoms with van der Waals surface area (Å²) in [5.41, 5.74) is 1.67. The van der Waals surface area contributed by atoms with E-state index in [-0.39, 0.29) is 5.16 Å². The molecule has 0 bridgehead atoms. The van der Waals surface area contributed by atoms with E-state index in [4.69, 9.17) is 10.7 Å². The molecule has 0 aliphatic rings. The molecule has 0 saturated heterocycles. The fourth-order valence-corrected chi connectivity index (χ4v) is 2.23. The van der Waals surface area contributed by atoms with Crippen LogP contribution >= 0.6 is 26.6 Å². The van der Waals surface area contributed by atoms with Crippen LogP contribution in [0.5, 0.6) is 0 Å². The van der Waals surface area contributed by atoms with Gasteiger partial charge in [-0.25, -0.2) is 13.5 Å². The van der Waals surface area contributed by atoms with Crippen LogP contribution in [0.3, 0.4) is 0 Å². The molecule has 0 spiro atoms. The van der Waals surface area contributed by atoms with Crippen molar-refractivity contribution in [1.29, 1.82) is 0 Å². The zero-order valence-corrected chi connectivity index (χ0v) is 11.8. The Kier molecular flexibility index (Phi) is 3.24. The number of aryl methyl sites for hydroxylation is 1. The predicted molar refractivity (Wildman–Crippen MR) is 67.3 cm³/mol. The van der Waals surface area contributed by atoms with Crippen molar-refractivity contribution in [1.82, 2.24) is 15.2 Å². The van der Waals surface area contributed by atoms with Crippen LogP contribution in [-0.2, 0) is 9.05 Å². The molecule has 1 aromatic heterocycles. The number of hydrogen-bond donors (Lipinski definition) is 1. The van der Waals surface area contributed by atoms with Gasteiger partial charge in [-0.05, 0) is 24.6 Å². The summed E-state index contributed by atoms with van der Waals surface area (Å²) in [4.78, 5) is 3.85. The Bertz CT molecular complexity index is 669. The molecule has 1 N–H and O–H groups in total. The molecule has 0 amide bonds. The Balaban J connectivity index is 2.55. The molecule has 90 valence electrons. The molecule has 0 aliphatic carbocycles. The molecule has 2 rings (SSSR count). The standard InChI is InChI=1S/C9H7BrClN3O2S/c1-5-2-3-6(10)4-7(5)8-12-9(14-13-8)17(11,15)16/h2-4H,1H3,(H,12,13,14). The largest absolute Gasteiger partial charge is 0.296 e. The minimum absolute atomic E-state index is 0.294. The van der Waals surface area contributed by atoms with E-state index in [9.17, 15) is 8.42 Å². The van der Waals surface area contributed by atoms with Crippen LogP contribution in [0.2, 0.25) is 0 Å². The van der Waals surface area contributed by atoms with Crippen LogP contribution in [0.1, 0.15) is 5.56 Å². The van der Waals surface area contributed by atoms with Crippen molar-refractivity contribution in [3.05, 3.63) is 28.2 Å². The number of nitrogens with zero attached hydrogens (tertiary/aromatic N) is 2. The predicted octanol–water partition coefficient (Wildman–Crippen LogP) is 2.47. The SMILES string of the molecule is Cc1ccc(Br)cc1-c1n[nH]c(S(=O)(=O)Cl)n1. The molecule has 2 aromatic rings. The summed E-state index contributed by atoms with van der Waals surface area (Å²) in [7, 11) is 1.28. The van der Waals surface area contributed by atoms with Crippen molar-refractivity contribution in [3.8, 4) is 11.4 Å². The lowest BCUT2D eigenvalue weighted by molar-refractivity contribution is 0.602. The van der Waals surface area contributed by atoms with Gasteiger partial charge >= 0.3 is 0 Å². The average Bonchev–Trinajstić information content (AvgIpc) is 2.70. The zero-order chi connectivity index (χ0) is 12.6. The zero-order valence-electron chi connectivity index (χ0n) is 8.61. The molecular weight excluding hydrogens is 330 g/mol. The Labute approximate surface area is 111 Å². The topological polar surface area (TPSA) is 75.7 Å². The van der Waals surface area contributed by atoms with Crippen molar-refractivity contribution in [2.75, 3.05) is 0 Å². The highest BCUT2D eigenvalue weighted by atomic mass is 79.9. The quantitative estimate of drug-likeness (QED) is 0.855. The normalized spacial score (nSPS) is 11.7. The highest BCUT2D eigenvalue weighted by molar-refractivity contribution is 9.10. The number of hydrogen-bond acceptors (Lipinski definition) is 4. The van der Waals surface area contributed by atoms with Gasteiger partial charge in [0.05, 0.1) is 0 Å². The fourth-order valence-electron chi connectivity index (χ4n) is 1.31. The molecule has 17 heavy (non-hydrogen) atoms. The molecule has 0 atom stereocenters. The van der Waals surface area contributed by atoms with Crippen molar-refractivity contribution in [3.63, 3.8) is 0 Å². The molecule has 0 unspecified atom stereocenters. The van der Waals surface area contributed by atoms with Gasteiger partial charge in [-0.2, -0.15) is 10.1 Å². The maximum absolute atomic E-state index is 11.1. The van der Waals surface area contributed by atoms with Gasteiger partial charge in [0, 0.05) is 20.7 Å². The van der Waals surface area contributed by atoms with E-state index in [1.807, 2.05) is 25.1 Å². The van der Waals surface area contributed by atoms with Crippen LogP contribution in [0.25, 0.3) is 11.4 Å². The summed E-state index contributed by atoms with van der Waals surface area (Å²) in [5, 5.41) is 5.78. The highest BCUT2D eigenvalue weighted by Crippen LogP contribution is 2.24. The van der Waals surface area contributed by atoms with Gasteiger partial charge in [-0.15, -0.1) is 0 Å². The van der Waals surface area contributed by atoms with Crippen LogP contribution in [0, 0.1) is 6.92 Å². The van der Waals surface area contributed by atoms with E-state index in [0.717, 1.165) is 15.6 Å². The second kappa shape index (κ2) is 4.40. The van der Waals surface area contributed by atoms with Gasteiger partial charge in [0.2, 0.25) is 0 Å². The van der Waals surface area contributed by atoms with Crippen LogP contribution < -0.4 is 0 Å². The summed E-state index contributed by atoms with van der Waals surface area (Å²) < 4.78 is 23.0. The molecule has 1 aromatic carbocycles. The van der Waals surface area contributed by atoms with E-state index in [1.165, 1.54) is 0 Å². The summed E-state index contributed by atoms with van der Waals surface area (Å²) in [6, 6.07) is 5.57. The second-order valence-corrected chi connectivity index (χ2v) is 6.76. The van der Waals surface area contributed by atoms with Gasteiger partial charge in [-0.1, -0.05) is 22.0 Å². The number of H-pyrrole nitrogens is 1. The first kappa shape index (κ1) is 12.5. The van der Waals surface area contributed by atoms with Crippen LogP contribution in [0.15, 0.2) is 27.8 Å². The Hall–Kier alpha value is -0.920. The summed E-state index contributed by atoms with van der Waals surface area (Å²) in [5.74, 6) is 0.294. The number of nitrogens with one attached hydrogen (secondary N) is 1. The van der Waals surface area contributed by atoms with E-state index in [0.29, 0.717) is 5.82 Å².